The highest BCUT2D eigenvalue weighted by Crippen LogP contribution is 2.14. The summed E-state index contributed by atoms with van der Waals surface area (Å²) in [4.78, 5) is 165. The molecule has 0 atom stereocenters. The molecule has 4 aliphatic heterocycles. The highest BCUT2D eigenvalue weighted by Gasteiger charge is 2.23. The molecule has 0 saturated carbocycles. The largest absolute Gasteiger partial charge is 0.347 e. The number of piperazine rings is 1. The van der Waals surface area contributed by atoms with Gasteiger partial charge in [-0.25, -0.2) is 28.8 Å². The van der Waals surface area contributed by atoms with Gasteiger partial charge in [0.15, 0.2) is 0 Å². The molecule has 808 valence electrons. The Hall–Kier alpha value is -10.7. The number of likely N-dealkylation sites (tertiary alicyclic amines) is 1. The lowest BCUT2D eigenvalue weighted by Gasteiger charge is -2.30. The van der Waals surface area contributed by atoms with Crippen molar-refractivity contribution in [3.8, 4) is 0 Å². The number of hydrogen-bond donors (Lipinski definition) is 6. The van der Waals surface area contributed by atoms with Gasteiger partial charge in [-0.2, -0.15) is 5.10 Å². The van der Waals surface area contributed by atoms with Crippen LogP contribution in [0, 0.1) is 0 Å². The normalized spacial score (nSPS) is 11.6. The van der Waals surface area contributed by atoms with Crippen LogP contribution in [0.3, 0.4) is 0 Å². The monoisotopic (exact) mass is 1960 g/mol. The maximum absolute atomic E-state index is 11.2. The fraction of sp³-hybridized carbons (Fsp3) is 0.679. The van der Waals surface area contributed by atoms with Gasteiger partial charge in [0.25, 0.3) is 27.8 Å². The smallest absolute Gasteiger partial charge is 0.340 e. The highest BCUT2D eigenvalue weighted by molar-refractivity contribution is 5.79. The van der Waals surface area contributed by atoms with E-state index in [1.807, 2.05) is 336 Å². The molecule has 0 aromatic carbocycles. The van der Waals surface area contributed by atoms with E-state index in [1.54, 1.807) is 81.3 Å². The first-order chi connectivity index (χ1) is 63.5. The summed E-state index contributed by atoms with van der Waals surface area (Å²) in [5.41, 5.74) is -1.34. The molecule has 32 nitrogen and oxygen atoms in total. The van der Waals surface area contributed by atoms with Crippen molar-refractivity contribution in [1.82, 2.24) is 93.1 Å². The van der Waals surface area contributed by atoms with Crippen molar-refractivity contribution in [2.75, 3.05) is 52.4 Å². The lowest BCUT2D eigenvalue weighted by Crippen LogP contribution is -2.50. The van der Waals surface area contributed by atoms with Gasteiger partial charge in [0, 0.05) is 192 Å². The Bertz CT molecular complexity index is 4180. The van der Waals surface area contributed by atoms with Crippen molar-refractivity contribution in [3.63, 3.8) is 0 Å². The van der Waals surface area contributed by atoms with Crippen LogP contribution in [0.2, 0.25) is 0 Å². The second kappa shape index (κ2) is 104. The maximum Gasteiger partial charge on any atom is 0.347 e. The molecular formula is C106H211N19O13. The molecule has 0 bridgehead atoms. The number of carbonyl (C=O) groups excluding carboxylic acids is 4. The Labute approximate surface area is 838 Å². The molecule has 0 aliphatic carbocycles. The Balaban J connectivity index is -0.0000000906. The van der Waals surface area contributed by atoms with Crippen molar-refractivity contribution in [2.24, 2.45) is 0 Å². The van der Waals surface area contributed by atoms with Crippen molar-refractivity contribution < 1.29 is 19.2 Å². The third-order valence-electron chi connectivity index (χ3n) is 16.7. The minimum Gasteiger partial charge on any atom is -0.340 e. The second-order valence-corrected chi connectivity index (χ2v) is 30.0. The Morgan fingerprint density at radius 3 is 1.09 bits per heavy atom. The Morgan fingerprint density at radius 1 is 0.348 bits per heavy atom. The number of pyridine rings is 2. The summed E-state index contributed by atoms with van der Waals surface area (Å²) in [6.45, 7) is 96.1. The lowest BCUT2D eigenvalue weighted by molar-refractivity contribution is -0.135. The molecular weight excluding hydrogens is 1750 g/mol. The molecule has 32 heteroatoms. The summed E-state index contributed by atoms with van der Waals surface area (Å²) in [7, 11) is 0. The molecule has 11 rings (SSSR count). The van der Waals surface area contributed by atoms with Gasteiger partial charge in [-0.15, -0.1) is 0 Å². The number of aromatic amines is 3. The molecule has 6 amide bonds. The van der Waals surface area contributed by atoms with Crippen LogP contribution in [0.1, 0.15) is 409 Å². The number of nitrogens with one attached hydrogen (secondary N) is 6. The predicted octanol–water partition coefficient (Wildman–Crippen LogP) is 22.1. The zero-order valence-corrected chi connectivity index (χ0v) is 92.4. The quantitative estimate of drug-likeness (QED) is 0.0693. The van der Waals surface area contributed by atoms with Crippen molar-refractivity contribution in [3.05, 3.63) is 222 Å². The minimum absolute atomic E-state index is 0. The van der Waals surface area contributed by atoms with Gasteiger partial charge in [-0.05, 0) is 195 Å². The van der Waals surface area contributed by atoms with E-state index in [0.29, 0.717) is 42.5 Å². The van der Waals surface area contributed by atoms with Crippen molar-refractivity contribution in [1.29, 1.82) is 0 Å². The summed E-state index contributed by atoms with van der Waals surface area (Å²) in [5.74, 6) is 0.868. The van der Waals surface area contributed by atoms with E-state index in [0.717, 1.165) is 70.6 Å². The first-order valence-electron chi connectivity index (χ1n) is 49.4. The van der Waals surface area contributed by atoms with E-state index in [-0.39, 0.29) is 123 Å². The van der Waals surface area contributed by atoms with Gasteiger partial charge in [0.2, 0.25) is 11.8 Å². The molecule has 0 spiro atoms. The molecule has 11 heterocycles. The Kier molecular flexibility index (Phi) is 121. The molecule has 4 saturated heterocycles. The fourth-order valence-electron chi connectivity index (χ4n) is 10.5. The number of H-pyrrole nitrogens is 3. The van der Waals surface area contributed by atoms with E-state index in [2.05, 4.69) is 59.8 Å². The second-order valence-electron chi connectivity index (χ2n) is 30.0. The van der Waals surface area contributed by atoms with Gasteiger partial charge < -0.3 is 59.2 Å². The van der Waals surface area contributed by atoms with Crippen LogP contribution < -0.4 is 66.2 Å². The van der Waals surface area contributed by atoms with E-state index in [9.17, 15) is 62.3 Å². The Morgan fingerprint density at radius 2 is 0.775 bits per heavy atom. The molecule has 4 fully saturated rings. The summed E-state index contributed by atoms with van der Waals surface area (Å²) in [5, 5.41) is 12.5. The fourth-order valence-corrected chi connectivity index (χ4v) is 10.5. The van der Waals surface area contributed by atoms with E-state index in [1.165, 1.54) is 57.2 Å². The number of urea groups is 2. The van der Waals surface area contributed by atoms with Gasteiger partial charge in [0.1, 0.15) is 0 Å². The summed E-state index contributed by atoms with van der Waals surface area (Å²) < 4.78 is 9.22. The maximum atomic E-state index is 11.2. The summed E-state index contributed by atoms with van der Waals surface area (Å²) in [6, 6.07) is 17.5. The van der Waals surface area contributed by atoms with Crippen LogP contribution in [0.15, 0.2) is 166 Å². The molecule has 0 radical (unpaired) electrons. The van der Waals surface area contributed by atoms with Crippen molar-refractivity contribution in [2.45, 2.75) is 433 Å². The standard InChI is InChI=1S/C8H12N2O.C8H15NO.2C8H11NO.2C7H10N2O2.C7H14N2O.C7H10N2O.C7H14N2O.C7H10N2O.C6H12N2O.11C2H6.4CH4/c1-8(2,3)10-7(11)5-4-6-9-10;2*1-7(2)9-6-4-3-5-8(9)10;1-6(2)7-4-3-5-9-8(7)10;1-5(2)9-4-3-8-6(10)7(9)11;1-5(2)9-4-3-6(10)8-7(9)11;2*1-6(2)9-4-3-8-5-7(9)10;2*1-6(2)9-5-3-4-8-7(9)10;1-5(2)8-4-3-7-6(8)9;11*1-2;;;;/h4-6H,1-3H3;7H,3-6H2,1-2H3;3-7H,1-2H3;3-6H,1-2H3,(H,9,10);3-5H,1-2H3,(H,8,10);3-5H,1-2H3,(H,8,10,11);6,8H,3-5H2,1-2H3;3-6H,1-2H3;6H,3-5H2,1-2H3,(H,8,10);3-6H,1-2H3;5H,3-4H2,1-2H3,(H,7,9);11*1-2H3;4*1H4. The molecule has 4 aliphatic rings. The summed E-state index contributed by atoms with van der Waals surface area (Å²) >= 11 is 0. The van der Waals surface area contributed by atoms with Crippen LogP contribution in [0.5, 0.6) is 0 Å². The lowest BCUT2D eigenvalue weighted by atomic mass is 10.1. The minimum atomic E-state index is -0.568. The van der Waals surface area contributed by atoms with Crippen LogP contribution in [-0.2, 0) is 15.1 Å². The highest BCUT2D eigenvalue weighted by atomic mass is 16.2. The van der Waals surface area contributed by atoms with Crippen LogP contribution >= 0.6 is 0 Å². The van der Waals surface area contributed by atoms with Crippen LogP contribution in [0.4, 0.5) is 9.59 Å². The molecule has 6 N–H and O–H groups in total. The first-order valence-corrected chi connectivity index (χ1v) is 49.4. The van der Waals surface area contributed by atoms with E-state index >= 15 is 0 Å². The number of aromatic nitrogens is 12. The number of piperidine rings is 1. The summed E-state index contributed by atoms with van der Waals surface area (Å²) in [6.07, 6.45) is 21.5. The molecule has 138 heavy (non-hydrogen) atoms. The first kappa shape index (κ1) is 161. The van der Waals surface area contributed by atoms with Crippen LogP contribution in [-0.4, -0.2) is 178 Å². The average molecular weight is 1960 g/mol. The number of amides is 6. The zero-order chi connectivity index (χ0) is 107. The topological polar surface area (TPSA) is 387 Å². The average Bonchev–Trinajstić information content (AvgIpc) is 0.860. The number of hydrogen-bond acceptors (Lipinski definition) is 17. The van der Waals surface area contributed by atoms with Crippen LogP contribution in [0.25, 0.3) is 0 Å². The van der Waals surface area contributed by atoms with Gasteiger partial charge in [-0.1, -0.05) is 208 Å². The van der Waals surface area contributed by atoms with Gasteiger partial charge >= 0.3 is 34.6 Å². The van der Waals surface area contributed by atoms with E-state index in [4.69, 9.17) is 0 Å². The van der Waals surface area contributed by atoms with Gasteiger partial charge in [-0.3, -0.25) is 62.3 Å². The number of nitrogens with zero attached hydrogens (tertiary/aromatic N) is 13. The SMILES string of the molecule is C.C.C.C.CC.CC.CC.CC.CC.CC.CC.CC.CC.CC.CC.CC(C)(C)n1ncccc1=O.CC(C)N1CCCCC1=O.CC(C)N1CCCNC1=O.CC(C)N1CCNC1=O.CC(C)N1CCNCC1=O.CC(C)c1ccc[nH]c1=O.CC(C)n1cc[nH]c(=O)c1=O.CC(C)n1ccc(=O)[nH]c1=O.CC(C)n1ccccc1=O.CC(C)n1cccnc1=O.CC(C)n1ccncc1=O. The molecule has 7 aromatic heterocycles. The molecule has 7 aromatic rings. The molecule has 0 unspecified atom stereocenters. The van der Waals surface area contributed by atoms with Crippen molar-refractivity contribution >= 4 is 23.9 Å². The predicted molar refractivity (Wildman–Crippen MR) is 594 cm³/mol. The third-order valence-corrected chi connectivity index (χ3v) is 16.7. The van der Waals surface area contributed by atoms with Gasteiger partial charge in [0.05, 0.1) is 18.3 Å². The zero-order valence-electron chi connectivity index (χ0n) is 92.4. The number of carbonyl (C=O) groups is 4. The van der Waals surface area contributed by atoms with E-state index < -0.39 is 11.1 Å². The number of rotatable bonds is 10. The third kappa shape index (κ3) is 75.4.